The summed E-state index contributed by atoms with van der Waals surface area (Å²) in [6, 6.07) is 1.89. The molecule has 0 aliphatic rings. The van der Waals surface area contributed by atoms with Crippen LogP contribution in [0.1, 0.15) is 22.9 Å². The Balaban J connectivity index is 2.32. The van der Waals surface area contributed by atoms with Crippen LogP contribution in [0.25, 0.3) is 0 Å². The maximum atomic E-state index is 9.87. The number of hydrogen-bond acceptors (Lipinski definition) is 5. The highest BCUT2D eigenvalue weighted by molar-refractivity contribution is 7.03. The summed E-state index contributed by atoms with van der Waals surface area (Å²) in [5, 5.41) is 15.4. The van der Waals surface area contributed by atoms with Crippen LogP contribution in [-0.4, -0.2) is 19.7 Å². The molecule has 2 heterocycles. The van der Waals surface area contributed by atoms with E-state index < -0.39 is 6.10 Å². The fourth-order valence-electron chi connectivity index (χ4n) is 1.19. The highest BCUT2D eigenvalue weighted by atomic mass is 32.1. The summed E-state index contributed by atoms with van der Waals surface area (Å²) >= 11 is 1.23. The molecule has 1 unspecified atom stereocenters. The first-order chi connectivity index (χ1) is 6.77. The van der Waals surface area contributed by atoms with Crippen molar-refractivity contribution in [2.75, 3.05) is 0 Å². The molecule has 5 heteroatoms. The summed E-state index contributed by atoms with van der Waals surface area (Å²) in [6.45, 7) is 1.93. The number of aryl methyl sites for hydroxylation is 1. The molecule has 1 atom stereocenters. The van der Waals surface area contributed by atoms with Gasteiger partial charge in [-0.15, -0.1) is 5.10 Å². The quantitative estimate of drug-likeness (QED) is 0.807. The summed E-state index contributed by atoms with van der Waals surface area (Å²) < 4.78 is 3.70. The van der Waals surface area contributed by atoms with Gasteiger partial charge in [-0.25, -0.2) is 0 Å². The third-order valence-electron chi connectivity index (χ3n) is 1.87. The molecular weight excluding hydrogens is 198 g/mol. The Morgan fingerprint density at radius 3 is 2.93 bits per heavy atom. The van der Waals surface area contributed by atoms with E-state index in [0.29, 0.717) is 5.69 Å². The first-order valence-electron chi connectivity index (χ1n) is 4.14. The second-order valence-electron chi connectivity index (χ2n) is 3.03. The third kappa shape index (κ3) is 1.78. The van der Waals surface area contributed by atoms with Gasteiger partial charge in [-0.1, -0.05) is 10.6 Å². The third-order valence-corrected chi connectivity index (χ3v) is 2.39. The van der Waals surface area contributed by atoms with Gasteiger partial charge in [0.05, 0.1) is 0 Å². The van der Waals surface area contributed by atoms with Crippen LogP contribution in [0.4, 0.5) is 0 Å². The molecule has 2 aromatic rings. The molecule has 0 saturated heterocycles. The van der Waals surface area contributed by atoms with Gasteiger partial charge in [0.1, 0.15) is 11.8 Å². The van der Waals surface area contributed by atoms with Crippen molar-refractivity contribution >= 4 is 11.5 Å². The number of hydrogen-bond donors (Lipinski definition) is 1. The van der Waals surface area contributed by atoms with Crippen molar-refractivity contribution < 1.29 is 5.11 Å². The predicted molar refractivity (Wildman–Crippen MR) is 52.9 cm³/mol. The Labute approximate surface area is 85.4 Å². The van der Waals surface area contributed by atoms with Crippen LogP contribution in [0.15, 0.2) is 23.8 Å². The molecular formula is C9H9N3OS. The van der Waals surface area contributed by atoms with Crippen molar-refractivity contribution in [2.45, 2.75) is 13.0 Å². The van der Waals surface area contributed by atoms with Gasteiger partial charge in [-0.2, -0.15) is 0 Å². The zero-order valence-corrected chi connectivity index (χ0v) is 8.40. The van der Waals surface area contributed by atoms with E-state index in [4.69, 9.17) is 0 Å². The summed E-state index contributed by atoms with van der Waals surface area (Å²) in [4.78, 5) is 4.01. The summed E-state index contributed by atoms with van der Waals surface area (Å²) in [5.41, 5.74) is 2.34. The van der Waals surface area contributed by atoms with Gasteiger partial charge in [-0.05, 0) is 24.0 Å². The Hall–Kier alpha value is -1.33. The molecule has 2 aromatic heterocycles. The molecule has 0 amide bonds. The van der Waals surface area contributed by atoms with Gasteiger partial charge < -0.3 is 5.11 Å². The van der Waals surface area contributed by atoms with Crippen LogP contribution >= 0.6 is 11.5 Å². The lowest BCUT2D eigenvalue weighted by molar-refractivity contribution is 0.214. The zero-order valence-electron chi connectivity index (χ0n) is 7.58. The fourth-order valence-corrected chi connectivity index (χ4v) is 1.66. The monoisotopic (exact) mass is 207 g/mol. The molecule has 0 spiro atoms. The van der Waals surface area contributed by atoms with Crippen LogP contribution in [0.2, 0.25) is 0 Å². The maximum absolute atomic E-state index is 9.87. The second kappa shape index (κ2) is 3.81. The molecule has 0 bridgehead atoms. The van der Waals surface area contributed by atoms with Gasteiger partial charge in [0, 0.05) is 23.3 Å². The molecule has 2 rings (SSSR count). The second-order valence-corrected chi connectivity index (χ2v) is 3.64. The topological polar surface area (TPSA) is 58.9 Å². The van der Waals surface area contributed by atoms with Gasteiger partial charge in [0.25, 0.3) is 0 Å². The minimum atomic E-state index is -0.721. The predicted octanol–water partition coefficient (Wildman–Crippen LogP) is 1.32. The van der Waals surface area contributed by atoms with Gasteiger partial charge in [-0.3, -0.25) is 4.98 Å². The fraction of sp³-hybridized carbons (Fsp3) is 0.222. The van der Waals surface area contributed by atoms with Crippen molar-refractivity contribution in [3.8, 4) is 0 Å². The lowest BCUT2D eigenvalue weighted by Gasteiger charge is -2.06. The van der Waals surface area contributed by atoms with Crippen molar-refractivity contribution in [1.82, 2.24) is 14.6 Å². The van der Waals surface area contributed by atoms with E-state index in [2.05, 4.69) is 14.6 Å². The molecule has 0 aromatic carbocycles. The standard InChI is InChI=1S/C9H9N3OS/c1-6-2-7(4-10-3-6)9(13)8-5-14-12-11-8/h2-5,9,13H,1H3. The molecule has 0 saturated carbocycles. The van der Waals surface area contributed by atoms with Crippen LogP contribution < -0.4 is 0 Å². The van der Waals surface area contributed by atoms with E-state index in [-0.39, 0.29) is 0 Å². The Morgan fingerprint density at radius 2 is 2.29 bits per heavy atom. The van der Waals surface area contributed by atoms with Gasteiger partial charge >= 0.3 is 0 Å². The molecule has 4 nitrogen and oxygen atoms in total. The van der Waals surface area contributed by atoms with E-state index in [9.17, 15) is 5.11 Å². The lowest BCUT2D eigenvalue weighted by atomic mass is 10.1. The zero-order chi connectivity index (χ0) is 9.97. The van der Waals surface area contributed by atoms with Gasteiger partial charge in [0.2, 0.25) is 0 Å². The largest absolute Gasteiger partial charge is 0.382 e. The lowest BCUT2D eigenvalue weighted by Crippen LogP contribution is -2.01. The highest BCUT2D eigenvalue weighted by Crippen LogP contribution is 2.20. The average molecular weight is 207 g/mol. The van der Waals surface area contributed by atoms with Crippen LogP contribution in [0, 0.1) is 6.92 Å². The summed E-state index contributed by atoms with van der Waals surface area (Å²) in [6.07, 6.45) is 2.66. The summed E-state index contributed by atoms with van der Waals surface area (Å²) in [7, 11) is 0. The average Bonchev–Trinajstić information content (AvgIpc) is 2.69. The molecule has 1 N–H and O–H groups in total. The SMILES string of the molecule is Cc1cncc(C(O)c2csnn2)c1. The molecule has 0 aliphatic carbocycles. The van der Waals surface area contributed by atoms with E-state index in [1.807, 2.05) is 13.0 Å². The minimum Gasteiger partial charge on any atom is -0.382 e. The first kappa shape index (κ1) is 9.23. The number of rotatable bonds is 2. The minimum absolute atomic E-state index is 0.572. The van der Waals surface area contributed by atoms with Crippen LogP contribution in [-0.2, 0) is 0 Å². The summed E-state index contributed by atoms with van der Waals surface area (Å²) in [5.74, 6) is 0. The molecule has 0 aliphatic heterocycles. The van der Waals surface area contributed by atoms with Crippen LogP contribution in [0.3, 0.4) is 0 Å². The normalized spacial score (nSPS) is 12.7. The molecule has 72 valence electrons. The Kier molecular flexibility index (Phi) is 2.51. The number of nitrogens with zero attached hydrogens (tertiary/aromatic N) is 3. The van der Waals surface area contributed by atoms with Crippen molar-refractivity contribution in [2.24, 2.45) is 0 Å². The van der Waals surface area contributed by atoms with E-state index in [1.165, 1.54) is 11.5 Å². The number of pyridine rings is 1. The van der Waals surface area contributed by atoms with Crippen molar-refractivity contribution in [3.63, 3.8) is 0 Å². The first-order valence-corrected chi connectivity index (χ1v) is 4.97. The number of aliphatic hydroxyl groups excluding tert-OH is 1. The highest BCUT2D eigenvalue weighted by Gasteiger charge is 2.13. The van der Waals surface area contributed by atoms with E-state index in [0.717, 1.165) is 11.1 Å². The van der Waals surface area contributed by atoms with Crippen LogP contribution in [0.5, 0.6) is 0 Å². The molecule has 0 fully saturated rings. The maximum Gasteiger partial charge on any atom is 0.125 e. The van der Waals surface area contributed by atoms with Crippen molar-refractivity contribution in [1.29, 1.82) is 0 Å². The Bertz CT molecular complexity index is 416. The Morgan fingerprint density at radius 1 is 1.43 bits per heavy atom. The van der Waals surface area contributed by atoms with Gasteiger partial charge in [0.15, 0.2) is 0 Å². The van der Waals surface area contributed by atoms with Crippen molar-refractivity contribution in [3.05, 3.63) is 40.7 Å². The van der Waals surface area contributed by atoms with E-state index in [1.54, 1.807) is 17.8 Å². The number of aliphatic hydroxyl groups is 1. The van der Waals surface area contributed by atoms with E-state index >= 15 is 0 Å². The molecule has 0 radical (unpaired) electrons. The molecule has 14 heavy (non-hydrogen) atoms. The smallest absolute Gasteiger partial charge is 0.125 e. The number of aromatic nitrogens is 3.